The standard InChI is InChI=1S/C18H20F2N4O4/c1-21-18(22-10-12-4-3-5-14(8-12)24(25)26)23-11-13-9-15(27-2)6-7-16(13)28-17(19)20/h3-9,17H,10-11H2,1-2H3,(H2,21,22,23). The molecule has 0 aromatic heterocycles. The number of rotatable bonds is 8. The van der Waals surface area contributed by atoms with Crippen LogP contribution in [0, 0.1) is 10.1 Å². The van der Waals surface area contributed by atoms with Crippen molar-refractivity contribution in [2.75, 3.05) is 14.2 Å². The Morgan fingerprint density at radius 2 is 1.96 bits per heavy atom. The van der Waals surface area contributed by atoms with Crippen molar-refractivity contribution in [2.45, 2.75) is 19.7 Å². The van der Waals surface area contributed by atoms with Gasteiger partial charge in [-0.25, -0.2) is 0 Å². The Morgan fingerprint density at radius 3 is 2.61 bits per heavy atom. The second-order valence-corrected chi connectivity index (χ2v) is 5.56. The Kier molecular flexibility index (Phi) is 7.49. The molecule has 28 heavy (non-hydrogen) atoms. The van der Waals surface area contributed by atoms with Crippen molar-refractivity contribution < 1.29 is 23.2 Å². The summed E-state index contributed by atoms with van der Waals surface area (Å²) in [4.78, 5) is 14.4. The third-order valence-corrected chi connectivity index (χ3v) is 3.73. The minimum absolute atomic E-state index is 0.00702. The Bertz CT molecular complexity index is 846. The molecule has 2 aromatic rings. The minimum atomic E-state index is -2.95. The van der Waals surface area contributed by atoms with Crippen molar-refractivity contribution in [3.63, 3.8) is 0 Å². The number of non-ortho nitro benzene ring substituents is 1. The zero-order valence-electron chi connectivity index (χ0n) is 15.3. The number of halogens is 2. The number of benzene rings is 2. The predicted molar refractivity (Wildman–Crippen MR) is 99.8 cm³/mol. The number of nitro groups is 1. The van der Waals surface area contributed by atoms with Gasteiger partial charge in [0.15, 0.2) is 5.96 Å². The highest BCUT2D eigenvalue weighted by atomic mass is 19.3. The van der Waals surface area contributed by atoms with E-state index in [0.29, 0.717) is 29.4 Å². The number of guanidine groups is 1. The van der Waals surface area contributed by atoms with Crippen molar-refractivity contribution in [3.05, 3.63) is 63.7 Å². The van der Waals surface area contributed by atoms with E-state index in [-0.39, 0.29) is 18.0 Å². The Labute approximate surface area is 160 Å². The van der Waals surface area contributed by atoms with Crippen LogP contribution in [-0.4, -0.2) is 31.7 Å². The normalized spacial score (nSPS) is 11.2. The Hall–Kier alpha value is -3.43. The minimum Gasteiger partial charge on any atom is -0.497 e. The molecule has 0 fully saturated rings. The van der Waals surface area contributed by atoms with E-state index >= 15 is 0 Å². The summed E-state index contributed by atoms with van der Waals surface area (Å²) in [7, 11) is 3.02. The quantitative estimate of drug-likeness (QED) is 0.309. The van der Waals surface area contributed by atoms with Crippen molar-refractivity contribution in [2.24, 2.45) is 4.99 Å². The first kappa shape index (κ1) is 20.9. The third-order valence-electron chi connectivity index (χ3n) is 3.73. The third kappa shape index (κ3) is 6.08. The molecule has 0 amide bonds. The fourth-order valence-electron chi connectivity index (χ4n) is 2.40. The smallest absolute Gasteiger partial charge is 0.387 e. The molecule has 0 aliphatic rings. The molecule has 0 aliphatic carbocycles. The van der Waals surface area contributed by atoms with Gasteiger partial charge in [0, 0.05) is 37.8 Å². The molecule has 2 rings (SSSR count). The molecule has 0 unspecified atom stereocenters. The zero-order valence-corrected chi connectivity index (χ0v) is 15.3. The molecular formula is C18H20F2N4O4. The molecule has 0 saturated heterocycles. The van der Waals surface area contributed by atoms with Crippen LogP contribution in [0.3, 0.4) is 0 Å². The summed E-state index contributed by atoms with van der Waals surface area (Å²) in [5, 5.41) is 16.8. The lowest BCUT2D eigenvalue weighted by molar-refractivity contribution is -0.384. The summed E-state index contributed by atoms with van der Waals surface area (Å²) < 4.78 is 34.8. The first-order valence-electron chi connectivity index (χ1n) is 8.22. The van der Waals surface area contributed by atoms with Crippen molar-refractivity contribution in [1.82, 2.24) is 10.6 Å². The van der Waals surface area contributed by atoms with Crippen molar-refractivity contribution >= 4 is 11.6 Å². The fourth-order valence-corrected chi connectivity index (χ4v) is 2.40. The predicted octanol–water partition coefficient (Wildman–Crippen LogP) is 3.07. The van der Waals surface area contributed by atoms with Crippen LogP contribution in [0.4, 0.5) is 14.5 Å². The highest BCUT2D eigenvalue weighted by Crippen LogP contribution is 2.25. The van der Waals surface area contributed by atoms with Gasteiger partial charge >= 0.3 is 6.61 Å². The zero-order chi connectivity index (χ0) is 20.5. The van der Waals surface area contributed by atoms with E-state index in [2.05, 4.69) is 20.4 Å². The van der Waals surface area contributed by atoms with Crippen molar-refractivity contribution in [3.8, 4) is 11.5 Å². The molecule has 0 radical (unpaired) electrons. The first-order chi connectivity index (χ1) is 13.4. The first-order valence-corrected chi connectivity index (χ1v) is 8.22. The molecule has 0 heterocycles. The molecule has 0 spiro atoms. The van der Waals surface area contributed by atoms with Gasteiger partial charge in [0.2, 0.25) is 0 Å². The number of nitro benzene ring substituents is 1. The van der Waals surface area contributed by atoms with Crippen LogP contribution in [-0.2, 0) is 13.1 Å². The summed E-state index contributed by atoms with van der Waals surface area (Å²) in [5.41, 5.74) is 1.14. The lowest BCUT2D eigenvalue weighted by Crippen LogP contribution is -2.36. The number of hydrogen-bond acceptors (Lipinski definition) is 5. The number of aliphatic imine (C=N–C) groups is 1. The largest absolute Gasteiger partial charge is 0.497 e. The Morgan fingerprint density at radius 1 is 1.21 bits per heavy atom. The van der Waals surface area contributed by atoms with Crippen molar-refractivity contribution in [1.29, 1.82) is 0 Å². The van der Waals surface area contributed by atoms with Crippen LogP contribution in [0.5, 0.6) is 11.5 Å². The second kappa shape index (κ2) is 10.0. The molecular weight excluding hydrogens is 374 g/mol. The molecule has 150 valence electrons. The molecule has 0 atom stereocenters. The maximum Gasteiger partial charge on any atom is 0.387 e. The van der Waals surface area contributed by atoms with Crippen LogP contribution >= 0.6 is 0 Å². The highest BCUT2D eigenvalue weighted by molar-refractivity contribution is 5.79. The number of nitrogens with one attached hydrogen (secondary N) is 2. The van der Waals surface area contributed by atoms with Crippen LogP contribution in [0.1, 0.15) is 11.1 Å². The molecule has 0 aliphatic heterocycles. The highest BCUT2D eigenvalue weighted by Gasteiger charge is 2.12. The number of alkyl halides is 2. The van der Waals surface area contributed by atoms with Gasteiger partial charge in [0.05, 0.1) is 12.0 Å². The van der Waals surface area contributed by atoms with Gasteiger partial charge in [-0.3, -0.25) is 15.1 Å². The summed E-state index contributed by atoms with van der Waals surface area (Å²) in [6.45, 7) is -2.51. The summed E-state index contributed by atoms with van der Waals surface area (Å²) in [6, 6.07) is 10.7. The van der Waals surface area contributed by atoms with E-state index in [1.165, 1.54) is 31.4 Å². The number of hydrogen-bond donors (Lipinski definition) is 2. The van der Waals surface area contributed by atoms with Gasteiger partial charge in [-0.05, 0) is 23.8 Å². The lowest BCUT2D eigenvalue weighted by Gasteiger charge is -2.15. The average Bonchev–Trinajstić information content (AvgIpc) is 2.68. The summed E-state index contributed by atoms with van der Waals surface area (Å²) in [5.74, 6) is 0.910. The lowest BCUT2D eigenvalue weighted by atomic mass is 10.2. The van der Waals surface area contributed by atoms with Gasteiger partial charge < -0.3 is 20.1 Å². The maximum atomic E-state index is 12.6. The van der Waals surface area contributed by atoms with Crippen LogP contribution < -0.4 is 20.1 Å². The average molecular weight is 394 g/mol. The molecule has 2 N–H and O–H groups in total. The molecule has 10 heteroatoms. The number of ether oxygens (including phenoxy) is 2. The van der Waals surface area contributed by atoms with E-state index in [0.717, 1.165) is 0 Å². The fraction of sp³-hybridized carbons (Fsp3) is 0.278. The molecule has 0 saturated carbocycles. The van der Waals surface area contributed by atoms with E-state index in [4.69, 9.17) is 4.74 Å². The molecule has 2 aromatic carbocycles. The van der Waals surface area contributed by atoms with Crippen LogP contribution in [0.2, 0.25) is 0 Å². The molecule has 8 nitrogen and oxygen atoms in total. The SMILES string of the molecule is CN=C(NCc1cccc([N+](=O)[O-])c1)NCc1cc(OC)ccc1OC(F)F. The van der Waals surface area contributed by atoms with Crippen LogP contribution in [0.25, 0.3) is 0 Å². The van der Waals surface area contributed by atoms with E-state index in [9.17, 15) is 18.9 Å². The monoisotopic (exact) mass is 394 g/mol. The second-order valence-electron chi connectivity index (χ2n) is 5.56. The Balaban J connectivity index is 2.02. The van der Waals surface area contributed by atoms with E-state index in [1.54, 1.807) is 25.2 Å². The van der Waals surface area contributed by atoms with Gasteiger partial charge in [0.1, 0.15) is 11.5 Å². The number of methoxy groups -OCH3 is 1. The number of nitrogens with zero attached hydrogens (tertiary/aromatic N) is 2. The van der Waals surface area contributed by atoms with Gasteiger partial charge in [-0.1, -0.05) is 12.1 Å². The summed E-state index contributed by atoms with van der Waals surface area (Å²) in [6.07, 6.45) is 0. The molecule has 0 bridgehead atoms. The topological polar surface area (TPSA) is 98.0 Å². The maximum absolute atomic E-state index is 12.6. The van der Waals surface area contributed by atoms with Crippen LogP contribution in [0.15, 0.2) is 47.5 Å². The van der Waals surface area contributed by atoms with E-state index in [1.807, 2.05) is 0 Å². The summed E-state index contributed by atoms with van der Waals surface area (Å²) >= 11 is 0. The van der Waals surface area contributed by atoms with Gasteiger partial charge in [-0.15, -0.1) is 0 Å². The van der Waals surface area contributed by atoms with Gasteiger partial charge in [0.25, 0.3) is 5.69 Å². The van der Waals surface area contributed by atoms with Gasteiger partial charge in [-0.2, -0.15) is 8.78 Å². The van der Waals surface area contributed by atoms with E-state index < -0.39 is 11.5 Å².